The molecule has 1 heterocycles. The Labute approximate surface area is 98.1 Å². The van der Waals surface area contributed by atoms with Crippen LogP contribution >= 0.6 is 11.8 Å². The second-order valence-corrected chi connectivity index (χ2v) is 6.51. The zero-order valence-corrected chi connectivity index (χ0v) is 10.3. The third kappa shape index (κ3) is 4.58. The van der Waals surface area contributed by atoms with Gasteiger partial charge in [-0.15, -0.1) is 11.8 Å². The highest BCUT2D eigenvalue weighted by Crippen LogP contribution is 2.13. The first-order valence-corrected chi connectivity index (χ1v) is 7.40. The zero-order valence-electron chi connectivity index (χ0n) is 8.67. The van der Waals surface area contributed by atoms with Crippen molar-refractivity contribution in [3.05, 3.63) is 18.1 Å². The molecule has 0 saturated carbocycles. The molecular formula is C8H12N4O2S2. The summed E-state index contributed by atoms with van der Waals surface area (Å²) in [6.07, 6.45) is 4.06. The molecule has 1 rings (SSSR count). The Kier molecular flexibility index (Phi) is 4.25. The molecule has 0 bridgehead atoms. The van der Waals surface area contributed by atoms with Gasteiger partial charge in [0.2, 0.25) is 0 Å². The lowest BCUT2D eigenvalue weighted by Gasteiger charge is -2.00. The zero-order chi connectivity index (χ0) is 12.2. The van der Waals surface area contributed by atoms with E-state index in [0.29, 0.717) is 16.5 Å². The van der Waals surface area contributed by atoms with Crippen LogP contribution in [0.25, 0.3) is 0 Å². The van der Waals surface area contributed by atoms with Gasteiger partial charge in [0, 0.05) is 12.0 Å². The van der Waals surface area contributed by atoms with Crippen molar-refractivity contribution in [1.29, 1.82) is 5.41 Å². The Balaban J connectivity index is 2.53. The van der Waals surface area contributed by atoms with Crippen molar-refractivity contribution < 1.29 is 8.42 Å². The van der Waals surface area contributed by atoms with E-state index >= 15 is 0 Å². The van der Waals surface area contributed by atoms with E-state index in [4.69, 9.17) is 11.1 Å². The number of aromatic nitrogens is 2. The van der Waals surface area contributed by atoms with Crippen LogP contribution < -0.4 is 5.73 Å². The van der Waals surface area contributed by atoms with Crippen LogP contribution in [0, 0.1) is 5.41 Å². The summed E-state index contributed by atoms with van der Waals surface area (Å²) in [6.45, 7) is 0. The van der Waals surface area contributed by atoms with Gasteiger partial charge in [0.1, 0.15) is 26.4 Å². The van der Waals surface area contributed by atoms with Crippen molar-refractivity contribution >= 4 is 27.4 Å². The maximum absolute atomic E-state index is 10.9. The number of hydrogen-bond acceptors (Lipinski definition) is 6. The van der Waals surface area contributed by atoms with Gasteiger partial charge in [-0.3, -0.25) is 5.41 Å². The molecule has 0 aromatic carbocycles. The summed E-state index contributed by atoms with van der Waals surface area (Å²) in [5.74, 6) is 0.404. The lowest BCUT2D eigenvalue weighted by atomic mass is 10.4. The maximum Gasteiger partial charge on any atom is 0.148 e. The van der Waals surface area contributed by atoms with Crippen LogP contribution in [-0.2, 0) is 9.84 Å². The summed E-state index contributed by atoms with van der Waals surface area (Å²) in [7, 11) is -2.94. The van der Waals surface area contributed by atoms with Gasteiger partial charge in [0.05, 0.1) is 18.1 Å². The molecule has 8 heteroatoms. The predicted molar refractivity (Wildman–Crippen MR) is 63.5 cm³/mol. The third-order valence-electron chi connectivity index (χ3n) is 1.61. The molecule has 0 spiro atoms. The Morgan fingerprint density at radius 2 is 2.19 bits per heavy atom. The normalized spacial score (nSPS) is 11.3. The largest absolute Gasteiger partial charge is 0.382 e. The van der Waals surface area contributed by atoms with E-state index in [1.807, 2.05) is 0 Å². The monoisotopic (exact) mass is 260 g/mol. The van der Waals surface area contributed by atoms with Crippen LogP contribution in [-0.4, -0.2) is 42.0 Å². The first-order chi connectivity index (χ1) is 7.38. The number of nitrogens with zero attached hydrogens (tertiary/aromatic N) is 2. The topological polar surface area (TPSA) is 110 Å². The average molecular weight is 260 g/mol. The summed E-state index contributed by atoms with van der Waals surface area (Å²) in [6, 6.07) is 0. The van der Waals surface area contributed by atoms with Gasteiger partial charge < -0.3 is 5.73 Å². The molecule has 0 amide bonds. The van der Waals surface area contributed by atoms with Gasteiger partial charge in [0.25, 0.3) is 0 Å². The fourth-order valence-electron chi connectivity index (χ4n) is 0.827. The highest BCUT2D eigenvalue weighted by molar-refractivity contribution is 8.00. The Morgan fingerprint density at radius 1 is 1.50 bits per heavy atom. The minimum absolute atomic E-state index is 0.105. The summed E-state index contributed by atoms with van der Waals surface area (Å²) in [5, 5.41) is 7.73. The van der Waals surface area contributed by atoms with E-state index in [-0.39, 0.29) is 11.6 Å². The van der Waals surface area contributed by atoms with Gasteiger partial charge in [-0.25, -0.2) is 18.4 Å². The van der Waals surface area contributed by atoms with E-state index in [2.05, 4.69) is 9.97 Å². The molecular weight excluding hydrogens is 248 g/mol. The van der Waals surface area contributed by atoms with Crippen LogP contribution in [0.2, 0.25) is 0 Å². The molecule has 88 valence electrons. The number of nitrogens with two attached hydrogens (primary N) is 1. The fraction of sp³-hybridized carbons (Fsp3) is 0.375. The van der Waals surface area contributed by atoms with Crippen molar-refractivity contribution in [3.63, 3.8) is 0 Å². The van der Waals surface area contributed by atoms with Crippen molar-refractivity contribution in [2.45, 2.75) is 5.03 Å². The minimum atomic E-state index is -2.94. The van der Waals surface area contributed by atoms with Crippen molar-refractivity contribution in [3.8, 4) is 0 Å². The number of rotatable bonds is 5. The van der Waals surface area contributed by atoms with Gasteiger partial charge in [0.15, 0.2) is 0 Å². The lowest BCUT2D eigenvalue weighted by molar-refractivity contribution is 0.603. The highest BCUT2D eigenvalue weighted by atomic mass is 32.2. The van der Waals surface area contributed by atoms with Gasteiger partial charge in [-0.2, -0.15) is 0 Å². The summed E-state index contributed by atoms with van der Waals surface area (Å²) < 4.78 is 21.7. The smallest absolute Gasteiger partial charge is 0.148 e. The van der Waals surface area contributed by atoms with Crippen molar-refractivity contribution in [1.82, 2.24) is 9.97 Å². The molecule has 6 nitrogen and oxygen atoms in total. The van der Waals surface area contributed by atoms with E-state index < -0.39 is 9.84 Å². The predicted octanol–water partition coefficient (Wildman–Crippen LogP) is -0.103. The minimum Gasteiger partial charge on any atom is -0.382 e. The molecule has 0 saturated heterocycles. The molecule has 1 aromatic rings. The second-order valence-electron chi connectivity index (χ2n) is 3.13. The Bertz CT molecular complexity index is 469. The molecule has 1 aromatic heterocycles. The molecule has 3 N–H and O–H groups in total. The highest BCUT2D eigenvalue weighted by Gasteiger charge is 2.04. The first kappa shape index (κ1) is 12.9. The van der Waals surface area contributed by atoms with Crippen LogP contribution in [0.5, 0.6) is 0 Å². The molecule has 16 heavy (non-hydrogen) atoms. The molecule has 0 unspecified atom stereocenters. The molecule has 0 aliphatic rings. The number of nitrogens with one attached hydrogen (secondary N) is 1. The van der Waals surface area contributed by atoms with Crippen LogP contribution in [0.4, 0.5) is 0 Å². The van der Waals surface area contributed by atoms with Crippen molar-refractivity contribution in [2.75, 3.05) is 17.8 Å². The molecule has 0 radical (unpaired) electrons. The Hall–Kier alpha value is -1.15. The maximum atomic E-state index is 10.9. The summed E-state index contributed by atoms with van der Waals surface area (Å²) in [4.78, 5) is 7.92. The van der Waals surface area contributed by atoms with Crippen molar-refractivity contribution in [2.24, 2.45) is 5.73 Å². The number of hydrogen-bond donors (Lipinski definition) is 2. The summed E-state index contributed by atoms with van der Waals surface area (Å²) >= 11 is 1.30. The lowest BCUT2D eigenvalue weighted by Crippen LogP contribution is -2.13. The first-order valence-electron chi connectivity index (χ1n) is 4.35. The average Bonchev–Trinajstić information content (AvgIpc) is 2.16. The number of thioether (sulfide) groups is 1. The SMILES string of the molecule is CS(=O)(=O)CCSc1cnc(C(=N)N)cn1. The molecule has 0 atom stereocenters. The number of amidine groups is 1. The van der Waals surface area contributed by atoms with E-state index in [1.54, 1.807) is 0 Å². The van der Waals surface area contributed by atoms with E-state index in [1.165, 1.54) is 30.4 Å². The Morgan fingerprint density at radius 3 is 2.62 bits per heavy atom. The van der Waals surface area contributed by atoms with Gasteiger partial charge in [-0.1, -0.05) is 0 Å². The second kappa shape index (κ2) is 5.26. The standard InChI is InChI=1S/C8H12N4O2S2/c1-16(13,14)3-2-15-7-5-11-6(4-12-7)8(9)10/h4-5H,2-3H2,1H3,(H3,9,10). The number of sulfone groups is 1. The van der Waals surface area contributed by atoms with E-state index in [9.17, 15) is 8.42 Å². The number of nitrogen functional groups attached to an aromatic ring is 1. The van der Waals surface area contributed by atoms with Crippen LogP contribution in [0.15, 0.2) is 17.4 Å². The van der Waals surface area contributed by atoms with Gasteiger partial charge >= 0.3 is 0 Å². The third-order valence-corrected chi connectivity index (χ3v) is 3.73. The van der Waals surface area contributed by atoms with Crippen LogP contribution in [0.1, 0.15) is 5.69 Å². The van der Waals surface area contributed by atoms with E-state index in [0.717, 1.165) is 0 Å². The fourth-order valence-corrected chi connectivity index (χ4v) is 2.84. The molecule has 0 aliphatic carbocycles. The molecule has 0 aliphatic heterocycles. The quantitative estimate of drug-likeness (QED) is 0.434. The van der Waals surface area contributed by atoms with Gasteiger partial charge in [-0.05, 0) is 0 Å². The van der Waals surface area contributed by atoms with Crippen LogP contribution in [0.3, 0.4) is 0 Å². The summed E-state index contributed by atoms with van der Waals surface area (Å²) in [5.41, 5.74) is 5.53. The molecule has 0 fully saturated rings.